The van der Waals surface area contributed by atoms with Crippen LogP contribution in [-0.4, -0.2) is 58.9 Å². The molecule has 1 N–H and O–H groups in total. The molecule has 196 valence electrons. The smallest absolute Gasteiger partial charge is 0.254 e. The Hall–Kier alpha value is -3.30. The van der Waals surface area contributed by atoms with Crippen LogP contribution in [0.25, 0.3) is 0 Å². The third-order valence-corrected chi connectivity index (χ3v) is 7.19. The Bertz CT molecular complexity index is 1210. The van der Waals surface area contributed by atoms with Crippen LogP contribution in [0.15, 0.2) is 36.4 Å². The number of fused-ring (bicyclic) bond motifs is 1. The third-order valence-electron chi connectivity index (χ3n) is 7.19. The van der Waals surface area contributed by atoms with Gasteiger partial charge in [0.1, 0.15) is 18.2 Å². The maximum Gasteiger partial charge on any atom is 0.254 e. The molecule has 0 bridgehead atoms. The van der Waals surface area contributed by atoms with E-state index >= 15 is 0 Å². The summed E-state index contributed by atoms with van der Waals surface area (Å²) < 4.78 is 26.5. The Kier molecular flexibility index (Phi) is 7.26. The molecule has 3 aliphatic heterocycles. The van der Waals surface area contributed by atoms with Crippen molar-refractivity contribution < 1.29 is 28.2 Å². The first-order valence-electron chi connectivity index (χ1n) is 12.8. The number of amides is 3. The van der Waals surface area contributed by atoms with E-state index in [4.69, 9.17) is 9.47 Å². The molecule has 0 aromatic heterocycles. The van der Waals surface area contributed by atoms with Crippen molar-refractivity contribution in [2.45, 2.75) is 71.1 Å². The van der Waals surface area contributed by atoms with Gasteiger partial charge in [-0.3, -0.25) is 24.6 Å². The van der Waals surface area contributed by atoms with Crippen LogP contribution in [-0.2, 0) is 34.0 Å². The first-order valence-corrected chi connectivity index (χ1v) is 12.8. The van der Waals surface area contributed by atoms with Gasteiger partial charge in [-0.1, -0.05) is 12.1 Å². The summed E-state index contributed by atoms with van der Waals surface area (Å²) in [6, 6.07) is 10.00. The van der Waals surface area contributed by atoms with Crippen LogP contribution < -0.4 is 10.1 Å². The quantitative estimate of drug-likeness (QED) is 0.602. The lowest BCUT2D eigenvalue weighted by atomic mass is 10.1. The van der Waals surface area contributed by atoms with Crippen LogP contribution in [0.2, 0.25) is 0 Å². The van der Waals surface area contributed by atoms with Crippen molar-refractivity contribution in [1.29, 1.82) is 0 Å². The largest absolute Gasteiger partial charge is 0.488 e. The maximum atomic E-state index is 14.7. The minimum absolute atomic E-state index is 0.0283. The second kappa shape index (κ2) is 10.6. The van der Waals surface area contributed by atoms with Crippen LogP contribution in [0.3, 0.4) is 0 Å². The predicted molar refractivity (Wildman–Crippen MR) is 133 cm³/mol. The lowest BCUT2D eigenvalue weighted by Crippen LogP contribution is -2.44. The predicted octanol–water partition coefficient (Wildman–Crippen LogP) is 3.17. The number of ether oxygens (including phenoxy) is 2. The molecule has 0 radical (unpaired) electrons. The standard InChI is InChI=1S/C28H32FN3O5/c1-17-12-31(13-18(2)37-17)14-19-6-8-24(29)20(10-19)16-36-25-5-3-4-22-23(25)15-32(28(22)35)21-7-9-26(33)30-27(34)11-21/h3-6,8,10,17-18,21H,7,9,11-16H2,1-2H3,(H,30,33,34). The average Bonchev–Trinajstić information content (AvgIpc) is 3.08. The summed E-state index contributed by atoms with van der Waals surface area (Å²) >= 11 is 0. The van der Waals surface area contributed by atoms with Gasteiger partial charge in [-0.25, -0.2) is 4.39 Å². The molecule has 3 amide bonds. The molecule has 2 fully saturated rings. The number of morpholine rings is 1. The van der Waals surface area contributed by atoms with E-state index in [-0.39, 0.29) is 67.8 Å². The van der Waals surface area contributed by atoms with Gasteiger partial charge in [-0.2, -0.15) is 0 Å². The van der Waals surface area contributed by atoms with E-state index in [1.807, 2.05) is 6.07 Å². The van der Waals surface area contributed by atoms with Crippen LogP contribution in [0.5, 0.6) is 5.75 Å². The topological polar surface area (TPSA) is 88.2 Å². The number of nitrogens with zero attached hydrogens (tertiary/aromatic N) is 2. The molecule has 2 aromatic carbocycles. The van der Waals surface area contributed by atoms with Crippen molar-refractivity contribution in [3.8, 4) is 5.75 Å². The summed E-state index contributed by atoms with van der Waals surface area (Å²) in [5, 5.41) is 2.34. The van der Waals surface area contributed by atoms with E-state index in [0.717, 1.165) is 24.2 Å². The van der Waals surface area contributed by atoms with Crippen LogP contribution >= 0.6 is 0 Å². The number of imide groups is 1. The summed E-state index contributed by atoms with van der Waals surface area (Å²) in [5.74, 6) is -0.698. The first-order chi connectivity index (χ1) is 17.8. The highest BCUT2D eigenvalue weighted by molar-refractivity contribution is 6.00. The molecule has 3 heterocycles. The molecule has 3 aliphatic rings. The molecule has 9 heteroatoms. The Morgan fingerprint density at radius 1 is 1.08 bits per heavy atom. The van der Waals surface area contributed by atoms with Crippen molar-refractivity contribution in [3.63, 3.8) is 0 Å². The Morgan fingerprint density at radius 3 is 2.65 bits per heavy atom. The number of hydrogen-bond acceptors (Lipinski definition) is 6. The molecule has 2 aromatic rings. The number of carbonyl (C=O) groups is 3. The number of nitrogens with one attached hydrogen (secondary N) is 1. The van der Waals surface area contributed by atoms with Gasteiger partial charge in [-0.05, 0) is 50.1 Å². The van der Waals surface area contributed by atoms with E-state index in [0.29, 0.717) is 29.8 Å². The monoisotopic (exact) mass is 509 g/mol. The van der Waals surface area contributed by atoms with Gasteiger partial charge in [-0.15, -0.1) is 0 Å². The van der Waals surface area contributed by atoms with E-state index < -0.39 is 0 Å². The lowest BCUT2D eigenvalue weighted by Gasteiger charge is -2.35. The van der Waals surface area contributed by atoms with Gasteiger partial charge in [0.2, 0.25) is 11.8 Å². The number of hydrogen-bond donors (Lipinski definition) is 1. The van der Waals surface area contributed by atoms with E-state index in [2.05, 4.69) is 24.1 Å². The molecule has 0 aliphatic carbocycles. The minimum Gasteiger partial charge on any atom is -0.488 e. The van der Waals surface area contributed by atoms with Crippen LogP contribution in [0.4, 0.5) is 4.39 Å². The van der Waals surface area contributed by atoms with Gasteiger partial charge < -0.3 is 14.4 Å². The molecule has 5 rings (SSSR count). The molecule has 3 unspecified atom stereocenters. The number of carbonyl (C=O) groups excluding carboxylic acids is 3. The van der Waals surface area contributed by atoms with Gasteiger partial charge >= 0.3 is 0 Å². The fourth-order valence-corrected chi connectivity index (χ4v) is 5.57. The molecule has 3 atom stereocenters. The van der Waals surface area contributed by atoms with Crippen LogP contribution in [0.1, 0.15) is 60.2 Å². The molecular weight excluding hydrogens is 477 g/mol. The highest BCUT2D eigenvalue weighted by Crippen LogP contribution is 2.34. The number of benzene rings is 2. The van der Waals surface area contributed by atoms with Gasteiger partial charge in [0.15, 0.2) is 0 Å². The van der Waals surface area contributed by atoms with E-state index in [1.54, 1.807) is 29.2 Å². The number of halogens is 1. The van der Waals surface area contributed by atoms with Crippen molar-refractivity contribution in [3.05, 3.63) is 64.5 Å². The molecule has 8 nitrogen and oxygen atoms in total. The molecule has 0 saturated carbocycles. The second-order valence-electron chi connectivity index (χ2n) is 10.2. The van der Waals surface area contributed by atoms with E-state index in [9.17, 15) is 18.8 Å². The zero-order chi connectivity index (χ0) is 26.1. The zero-order valence-corrected chi connectivity index (χ0v) is 21.2. The van der Waals surface area contributed by atoms with Gasteiger partial charge in [0.05, 0.1) is 18.8 Å². The van der Waals surface area contributed by atoms with E-state index in [1.165, 1.54) is 6.07 Å². The summed E-state index contributed by atoms with van der Waals surface area (Å²) in [4.78, 5) is 40.9. The normalized spacial score (nSPS) is 24.6. The average molecular weight is 510 g/mol. The van der Waals surface area contributed by atoms with Crippen molar-refractivity contribution >= 4 is 17.7 Å². The highest BCUT2D eigenvalue weighted by Gasteiger charge is 2.37. The SMILES string of the molecule is CC1CN(Cc2ccc(F)c(COc3cccc4c3CN(C3CCC(=O)NC(=O)C3)C4=O)c2)CC(C)O1. The molecule has 37 heavy (non-hydrogen) atoms. The Labute approximate surface area is 215 Å². The third kappa shape index (κ3) is 5.67. The van der Waals surface area contributed by atoms with Crippen molar-refractivity contribution in [2.24, 2.45) is 0 Å². The summed E-state index contributed by atoms with van der Waals surface area (Å²) in [5.41, 5.74) is 2.68. The summed E-state index contributed by atoms with van der Waals surface area (Å²) in [6.07, 6.45) is 1.01. The summed E-state index contributed by atoms with van der Waals surface area (Å²) in [7, 11) is 0. The maximum absolute atomic E-state index is 14.7. The van der Waals surface area contributed by atoms with Crippen LogP contribution in [0, 0.1) is 5.82 Å². The lowest BCUT2D eigenvalue weighted by molar-refractivity contribution is -0.129. The Morgan fingerprint density at radius 2 is 1.86 bits per heavy atom. The van der Waals surface area contributed by atoms with Gasteiger partial charge in [0.25, 0.3) is 5.91 Å². The molecular formula is C28H32FN3O5. The van der Waals surface area contributed by atoms with Crippen molar-refractivity contribution in [1.82, 2.24) is 15.1 Å². The van der Waals surface area contributed by atoms with Crippen molar-refractivity contribution in [2.75, 3.05) is 13.1 Å². The highest BCUT2D eigenvalue weighted by atomic mass is 19.1. The fraction of sp³-hybridized carbons (Fsp3) is 0.464. The fourth-order valence-electron chi connectivity index (χ4n) is 5.57. The molecule has 2 saturated heterocycles. The molecule has 0 spiro atoms. The Balaban J connectivity index is 1.28. The second-order valence-corrected chi connectivity index (χ2v) is 10.2. The summed E-state index contributed by atoms with van der Waals surface area (Å²) in [6.45, 7) is 6.78. The zero-order valence-electron chi connectivity index (χ0n) is 21.2. The first kappa shape index (κ1) is 25.4. The number of rotatable bonds is 6. The minimum atomic E-state index is -0.371. The van der Waals surface area contributed by atoms with Gasteiger partial charge in [0, 0.05) is 55.2 Å².